The van der Waals surface area contributed by atoms with Gasteiger partial charge in [-0.1, -0.05) is 0 Å². The average molecular weight is 312 g/mol. The maximum atomic E-state index is 9.71. The van der Waals surface area contributed by atoms with Gasteiger partial charge >= 0.3 is 0 Å². The zero-order chi connectivity index (χ0) is 15.0. The molecule has 1 saturated heterocycles. The third-order valence-electron chi connectivity index (χ3n) is 3.00. The lowest BCUT2D eigenvalue weighted by Gasteiger charge is -2.39. The molecule has 1 rings (SSSR count). The van der Waals surface area contributed by atoms with Crippen LogP contribution in [0, 0.1) is 0 Å². The van der Waals surface area contributed by atoms with Gasteiger partial charge in [0.1, 0.15) is 24.4 Å². The van der Waals surface area contributed by atoms with Gasteiger partial charge in [-0.2, -0.15) is 11.8 Å². The van der Waals surface area contributed by atoms with Gasteiger partial charge in [0.2, 0.25) is 0 Å². The van der Waals surface area contributed by atoms with Gasteiger partial charge in [-0.05, 0) is 18.4 Å². The number of ether oxygens (including phenoxy) is 3. The van der Waals surface area contributed by atoms with E-state index >= 15 is 0 Å². The predicted octanol–water partition coefficient (Wildman–Crippen LogP) is -1.43. The molecule has 1 aliphatic heterocycles. The van der Waals surface area contributed by atoms with Crippen LogP contribution in [0.2, 0.25) is 0 Å². The first kappa shape index (κ1) is 18.1. The monoisotopic (exact) mass is 312 g/mol. The molecular weight excluding hydrogens is 288 g/mol. The minimum atomic E-state index is -1.41. The predicted molar refractivity (Wildman–Crippen MR) is 73.5 cm³/mol. The van der Waals surface area contributed by atoms with E-state index in [0.717, 1.165) is 12.2 Å². The smallest absolute Gasteiger partial charge is 0.186 e. The van der Waals surface area contributed by atoms with Crippen LogP contribution in [0.1, 0.15) is 6.42 Å². The van der Waals surface area contributed by atoms with Crippen LogP contribution < -0.4 is 0 Å². The molecule has 4 N–H and O–H groups in total. The molecule has 8 heteroatoms. The lowest BCUT2D eigenvalue weighted by molar-refractivity contribution is -0.302. The van der Waals surface area contributed by atoms with Crippen LogP contribution >= 0.6 is 11.8 Å². The lowest BCUT2D eigenvalue weighted by Crippen LogP contribution is -2.59. The Morgan fingerprint density at radius 2 is 1.80 bits per heavy atom. The SMILES string of the molecule is CSCCCOCCO[C@@H]1OC(CO)[C@H](O)[C@H](O)C1O. The van der Waals surface area contributed by atoms with Gasteiger partial charge in [0.05, 0.1) is 19.8 Å². The summed E-state index contributed by atoms with van der Waals surface area (Å²) in [7, 11) is 0. The van der Waals surface area contributed by atoms with E-state index in [1.165, 1.54) is 0 Å². The molecule has 0 aromatic heterocycles. The fourth-order valence-electron chi connectivity index (χ4n) is 1.84. The summed E-state index contributed by atoms with van der Waals surface area (Å²) in [6.45, 7) is 0.722. The van der Waals surface area contributed by atoms with Crippen molar-refractivity contribution in [2.45, 2.75) is 37.1 Å². The second kappa shape index (κ2) is 9.91. The van der Waals surface area contributed by atoms with Crippen molar-refractivity contribution in [2.24, 2.45) is 0 Å². The molecule has 120 valence electrons. The molecule has 20 heavy (non-hydrogen) atoms. The van der Waals surface area contributed by atoms with Crippen LogP contribution in [0.25, 0.3) is 0 Å². The Balaban J connectivity index is 2.21. The summed E-state index contributed by atoms with van der Waals surface area (Å²) in [5.41, 5.74) is 0. The van der Waals surface area contributed by atoms with Crippen LogP contribution in [0.3, 0.4) is 0 Å². The van der Waals surface area contributed by atoms with Gasteiger partial charge in [0, 0.05) is 6.61 Å². The largest absolute Gasteiger partial charge is 0.394 e. The van der Waals surface area contributed by atoms with Gasteiger partial charge in [-0.3, -0.25) is 0 Å². The number of thioether (sulfide) groups is 1. The van der Waals surface area contributed by atoms with Crippen molar-refractivity contribution in [3.05, 3.63) is 0 Å². The first-order valence-corrected chi connectivity index (χ1v) is 8.00. The van der Waals surface area contributed by atoms with Crippen molar-refractivity contribution < 1.29 is 34.6 Å². The van der Waals surface area contributed by atoms with E-state index in [9.17, 15) is 15.3 Å². The van der Waals surface area contributed by atoms with Gasteiger partial charge in [0.15, 0.2) is 6.29 Å². The standard InChI is InChI=1S/C12H24O7S/c1-20-6-2-3-17-4-5-18-12-11(16)10(15)9(14)8(7-13)19-12/h8-16H,2-7H2,1H3/t8?,9-,10-,11?,12+/m0/s1. The Hall–Kier alpha value is 0.0700. The Morgan fingerprint density at radius 1 is 1.05 bits per heavy atom. The number of hydrogen-bond acceptors (Lipinski definition) is 8. The van der Waals surface area contributed by atoms with E-state index in [1.54, 1.807) is 11.8 Å². The average Bonchev–Trinajstić information content (AvgIpc) is 2.46. The van der Waals surface area contributed by atoms with Gasteiger partial charge in [-0.25, -0.2) is 0 Å². The third-order valence-corrected chi connectivity index (χ3v) is 3.69. The second-order valence-electron chi connectivity index (χ2n) is 4.53. The highest BCUT2D eigenvalue weighted by molar-refractivity contribution is 7.98. The molecule has 1 aliphatic rings. The molecule has 5 atom stereocenters. The van der Waals surface area contributed by atoms with Crippen molar-refractivity contribution >= 4 is 11.8 Å². The maximum absolute atomic E-state index is 9.71. The van der Waals surface area contributed by atoms with E-state index < -0.39 is 37.3 Å². The molecule has 0 bridgehead atoms. The number of hydrogen-bond donors (Lipinski definition) is 4. The lowest BCUT2D eigenvalue weighted by atomic mass is 9.99. The summed E-state index contributed by atoms with van der Waals surface area (Å²) in [6.07, 6.45) is -3.17. The molecule has 0 spiro atoms. The highest BCUT2D eigenvalue weighted by Crippen LogP contribution is 2.21. The first-order chi connectivity index (χ1) is 9.61. The van der Waals surface area contributed by atoms with E-state index in [1.807, 2.05) is 6.26 Å². The molecule has 1 fully saturated rings. The van der Waals surface area contributed by atoms with Gasteiger partial charge in [0.25, 0.3) is 0 Å². The normalized spacial score (nSPS) is 34.4. The molecule has 0 amide bonds. The van der Waals surface area contributed by atoms with Gasteiger partial charge < -0.3 is 34.6 Å². The zero-order valence-corrected chi connectivity index (χ0v) is 12.4. The summed E-state index contributed by atoms with van der Waals surface area (Å²) in [4.78, 5) is 0. The van der Waals surface area contributed by atoms with E-state index in [-0.39, 0.29) is 6.61 Å². The molecule has 0 aliphatic carbocycles. The van der Waals surface area contributed by atoms with E-state index in [4.69, 9.17) is 19.3 Å². The summed E-state index contributed by atoms with van der Waals surface area (Å²) < 4.78 is 15.8. The molecule has 0 aromatic rings. The highest BCUT2D eigenvalue weighted by Gasteiger charge is 2.43. The zero-order valence-electron chi connectivity index (χ0n) is 11.6. The fraction of sp³-hybridized carbons (Fsp3) is 1.00. The van der Waals surface area contributed by atoms with Crippen LogP contribution in [-0.2, 0) is 14.2 Å². The van der Waals surface area contributed by atoms with Crippen LogP contribution in [-0.4, -0.2) is 89.6 Å². The third kappa shape index (κ3) is 5.45. The molecule has 0 radical (unpaired) electrons. The van der Waals surface area contributed by atoms with Crippen LogP contribution in [0.15, 0.2) is 0 Å². The van der Waals surface area contributed by atoms with Crippen LogP contribution in [0.5, 0.6) is 0 Å². The van der Waals surface area contributed by atoms with Crippen molar-refractivity contribution in [2.75, 3.05) is 38.4 Å². The molecule has 7 nitrogen and oxygen atoms in total. The molecule has 0 aromatic carbocycles. The van der Waals surface area contributed by atoms with Crippen molar-refractivity contribution in [1.29, 1.82) is 0 Å². The topological polar surface area (TPSA) is 109 Å². The van der Waals surface area contributed by atoms with Crippen molar-refractivity contribution in [1.82, 2.24) is 0 Å². The fourth-order valence-corrected chi connectivity index (χ4v) is 2.24. The van der Waals surface area contributed by atoms with Crippen molar-refractivity contribution in [3.63, 3.8) is 0 Å². The summed E-state index contributed by atoms with van der Waals surface area (Å²) in [5.74, 6) is 1.04. The van der Waals surface area contributed by atoms with E-state index in [2.05, 4.69) is 0 Å². The van der Waals surface area contributed by atoms with Gasteiger partial charge in [-0.15, -0.1) is 0 Å². The molecule has 0 saturated carbocycles. The minimum Gasteiger partial charge on any atom is -0.394 e. The Labute approximate surface area is 122 Å². The van der Waals surface area contributed by atoms with Crippen molar-refractivity contribution in [3.8, 4) is 0 Å². The summed E-state index contributed by atoms with van der Waals surface area (Å²) in [6, 6.07) is 0. The Morgan fingerprint density at radius 3 is 2.45 bits per heavy atom. The maximum Gasteiger partial charge on any atom is 0.186 e. The molecular formula is C12H24O7S. The summed E-state index contributed by atoms with van der Waals surface area (Å²) in [5, 5.41) is 37.9. The Bertz CT molecular complexity index is 254. The first-order valence-electron chi connectivity index (χ1n) is 6.60. The minimum absolute atomic E-state index is 0.196. The summed E-state index contributed by atoms with van der Waals surface area (Å²) >= 11 is 1.75. The van der Waals surface area contributed by atoms with Crippen LogP contribution in [0.4, 0.5) is 0 Å². The Kier molecular flexibility index (Phi) is 8.98. The number of aliphatic hydroxyl groups excluding tert-OH is 4. The number of aliphatic hydroxyl groups is 4. The van der Waals surface area contributed by atoms with E-state index in [0.29, 0.717) is 13.2 Å². The number of rotatable bonds is 9. The quantitative estimate of drug-likeness (QED) is 0.384. The molecule has 2 unspecified atom stereocenters. The molecule has 1 heterocycles. The second-order valence-corrected chi connectivity index (χ2v) is 5.51. The highest BCUT2D eigenvalue weighted by atomic mass is 32.2.